The highest BCUT2D eigenvalue weighted by molar-refractivity contribution is 5.77. The zero-order valence-corrected chi connectivity index (χ0v) is 10.8. The van der Waals surface area contributed by atoms with Gasteiger partial charge in [-0.3, -0.25) is 14.5 Å². The van der Waals surface area contributed by atoms with Gasteiger partial charge in [0.15, 0.2) is 0 Å². The van der Waals surface area contributed by atoms with Gasteiger partial charge in [0.2, 0.25) is 0 Å². The van der Waals surface area contributed by atoms with Crippen LogP contribution in [0.2, 0.25) is 0 Å². The minimum Gasteiger partial charge on any atom is -0.468 e. The molecule has 0 aromatic carbocycles. The van der Waals surface area contributed by atoms with Crippen molar-refractivity contribution in [3.63, 3.8) is 0 Å². The molecule has 0 amide bonds. The van der Waals surface area contributed by atoms with Crippen LogP contribution < -0.4 is 0 Å². The van der Waals surface area contributed by atoms with Crippen molar-refractivity contribution >= 4 is 11.9 Å². The highest BCUT2D eigenvalue weighted by Crippen LogP contribution is 2.25. The molecule has 98 valence electrons. The highest BCUT2D eigenvalue weighted by Gasteiger charge is 2.32. The van der Waals surface area contributed by atoms with Crippen LogP contribution in [0.1, 0.15) is 32.6 Å². The maximum Gasteiger partial charge on any atom is 0.322 e. The Balaban J connectivity index is 2.69. The van der Waals surface area contributed by atoms with Crippen LogP contribution in [0.4, 0.5) is 0 Å². The highest BCUT2D eigenvalue weighted by atomic mass is 16.5. The average Bonchev–Trinajstić information content (AvgIpc) is 2.87. The van der Waals surface area contributed by atoms with E-state index in [1.165, 1.54) is 14.2 Å². The lowest BCUT2D eigenvalue weighted by Crippen LogP contribution is -2.48. The molecule has 1 aliphatic rings. The first kappa shape index (κ1) is 14.0. The predicted molar refractivity (Wildman–Crippen MR) is 62.5 cm³/mol. The van der Waals surface area contributed by atoms with E-state index < -0.39 is 6.04 Å². The molecule has 0 aliphatic heterocycles. The number of carbonyl (C=O) groups is 2. The molecule has 0 aromatic rings. The van der Waals surface area contributed by atoms with E-state index in [1.807, 2.05) is 4.90 Å². The number of esters is 2. The molecule has 5 heteroatoms. The van der Waals surface area contributed by atoms with Gasteiger partial charge in [0, 0.05) is 6.04 Å². The lowest BCUT2D eigenvalue weighted by molar-refractivity contribution is -0.151. The lowest BCUT2D eigenvalue weighted by Gasteiger charge is -2.31. The van der Waals surface area contributed by atoms with Crippen LogP contribution in [0.3, 0.4) is 0 Å². The smallest absolute Gasteiger partial charge is 0.322 e. The number of hydrogen-bond donors (Lipinski definition) is 0. The van der Waals surface area contributed by atoms with Gasteiger partial charge in [0.25, 0.3) is 0 Å². The summed E-state index contributed by atoms with van der Waals surface area (Å²) < 4.78 is 9.41. The van der Waals surface area contributed by atoms with Crippen LogP contribution in [0.15, 0.2) is 0 Å². The number of methoxy groups -OCH3 is 2. The van der Waals surface area contributed by atoms with Gasteiger partial charge in [0.05, 0.1) is 20.8 Å². The minimum atomic E-state index is -0.401. The zero-order valence-electron chi connectivity index (χ0n) is 10.8. The molecule has 1 fully saturated rings. The largest absolute Gasteiger partial charge is 0.468 e. The van der Waals surface area contributed by atoms with Gasteiger partial charge in [-0.1, -0.05) is 12.8 Å². The molecular weight excluding hydrogens is 222 g/mol. The van der Waals surface area contributed by atoms with Crippen molar-refractivity contribution in [3.05, 3.63) is 0 Å². The molecule has 0 saturated heterocycles. The van der Waals surface area contributed by atoms with Crippen molar-refractivity contribution < 1.29 is 19.1 Å². The van der Waals surface area contributed by atoms with Gasteiger partial charge in [-0.25, -0.2) is 0 Å². The van der Waals surface area contributed by atoms with E-state index in [0.717, 1.165) is 25.7 Å². The first-order chi connectivity index (χ1) is 8.10. The normalized spacial score (nSPS) is 18.1. The zero-order chi connectivity index (χ0) is 12.8. The molecule has 0 N–H and O–H groups in total. The van der Waals surface area contributed by atoms with Gasteiger partial charge in [-0.15, -0.1) is 0 Å². The molecule has 5 nitrogen and oxygen atoms in total. The summed E-state index contributed by atoms with van der Waals surface area (Å²) in [6, 6.07) is -0.120. The summed E-state index contributed by atoms with van der Waals surface area (Å²) in [6.07, 6.45) is 4.35. The molecule has 1 aliphatic carbocycles. The molecule has 17 heavy (non-hydrogen) atoms. The van der Waals surface area contributed by atoms with Crippen LogP contribution >= 0.6 is 0 Å². The number of hydrogen-bond acceptors (Lipinski definition) is 5. The second-order valence-corrected chi connectivity index (χ2v) is 4.39. The van der Waals surface area contributed by atoms with Crippen molar-refractivity contribution in [1.29, 1.82) is 0 Å². The Morgan fingerprint density at radius 3 is 2.29 bits per heavy atom. The Kier molecular flexibility index (Phi) is 5.41. The van der Waals surface area contributed by atoms with E-state index in [2.05, 4.69) is 4.74 Å². The number of carbonyl (C=O) groups excluding carboxylic acids is 2. The van der Waals surface area contributed by atoms with E-state index in [4.69, 9.17) is 4.74 Å². The molecule has 0 heterocycles. The van der Waals surface area contributed by atoms with Gasteiger partial charge >= 0.3 is 11.9 Å². The van der Waals surface area contributed by atoms with Crippen LogP contribution in [-0.4, -0.2) is 49.7 Å². The Morgan fingerprint density at radius 1 is 1.24 bits per heavy atom. The second kappa shape index (κ2) is 6.59. The summed E-state index contributed by atoms with van der Waals surface area (Å²) in [5, 5.41) is 0. The molecular formula is C12H21NO4. The van der Waals surface area contributed by atoms with Crippen molar-refractivity contribution in [2.45, 2.75) is 44.7 Å². The number of nitrogens with zero attached hydrogens (tertiary/aromatic N) is 1. The van der Waals surface area contributed by atoms with Gasteiger partial charge in [-0.05, 0) is 19.8 Å². The third kappa shape index (κ3) is 3.70. The number of ether oxygens (including phenoxy) is 2. The van der Waals surface area contributed by atoms with Crippen molar-refractivity contribution in [1.82, 2.24) is 4.90 Å². The van der Waals surface area contributed by atoms with Crippen LogP contribution in [0.5, 0.6) is 0 Å². The molecule has 1 atom stereocenters. The van der Waals surface area contributed by atoms with E-state index in [9.17, 15) is 9.59 Å². The quantitative estimate of drug-likeness (QED) is 0.673. The first-order valence-electron chi connectivity index (χ1n) is 6.00. The topological polar surface area (TPSA) is 55.8 Å². The molecule has 1 saturated carbocycles. The standard InChI is InChI=1S/C12H21NO4/c1-9(12(15)17-3)13(8-11(14)16-2)10-6-4-5-7-10/h9-10H,4-8H2,1-3H3. The van der Waals surface area contributed by atoms with E-state index in [1.54, 1.807) is 6.92 Å². The van der Waals surface area contributed by atoms with Crippen molar-refractivity contribution in [2.75, 3.05) is 20.8 Å². The second-order valence-electron chi connectivity index (χ2n) is 4.39. The van der Waals surface area contributed by atoms with Gasteiger partial charge in [-0.2, -0.15) is 0 Å². The fourth-order valence-corrected chi connectivity index (χ4v) is 2.34. The van der Waals surface area contributed by atoms with E-state index in [-0.39, 0.29) is 24.5 Å². The Morgan fingerprint density at radius 2 is 1.82 bits per heavy atom. The van der Waals surface area contributed by atoms with Crippen molar-refractivity contribution in [3.8, 4) is 0 Å². The first-order valence-corrected chi connectivity index (χ1v) is 6.00. The Hall–Kier alpha value is -1.10. The molecule has 0 bridgehead atoms. The van der Waals surface area contributed by atoms with Crippen molar-refractivity contribution in [2.24, 2.45) is 0 Å². The Bertz CT molecular complexity index is 274. The summed E-state index contributed by atoms with van der Waals surface area (Å²) in [6.45, 7) is 1.92. The average molecular weight is 243 g/mol. The Labute approximate surface area is 102 Å². The molecule has 0 radical (unpaired) electrons. The molecule has 1 unspecified atom stereocenters. The predicted octanol–water partition coefficient (Wildman–Crippen LogP) is 0.965. The molecule has 0 aromatic heterocycles. The lowest BCUT2D eigenvalue weighted by atomic mass is 10.1. The maximum atomic E-state index is 11.6. The van der Waals surface area contributed by atoms with E-state index >= 15 is 0 Å². The molecule has 0 spiro atoms. The fourth-order valence-electron chi connectivity index (χ4n) is 2.34. The van der Waals surface area contributed by atoms with Crippen LogP contribution in [0, 0.1) is 0 Å². The summed E-state index contributed by atoms with van der Waals surface area (Å²) in [5.41, 5.74) is 0. The van der Waals surface area contributed by atoms with Gasteiger partial charge in [0.1, 0.15) is 6.04 Å². The summed E-state index contributed by atoms with van der Waals surface area (Å²) in [4.78, 5) is 24.8. The minimum absolute atomic E-state index is 0.150. The number of rotatable bonds is 5. The summed E-state index contributed by atoms with van der Waals surface area (Å²) >= 11 is 0. The third-order valence-corrected chi connectivity index (χ3v) is 3.37. The summed E-state index contributed by atoms with van der Waals surface area (Å²) in [5.74, 6) is -0.617. The summed E-state index contributed by atoms with van der Waals surface area (Å²) in [7, 11) is 2.72. The van der Waals surface area contributed by atoms with Gasteiger partial charge < -0.3 is 9.47 Å². The third-order valence-electron chi connectivity index (χ3n) is 3.37. The van der Waals surface area contributed by atoms with Crippen LogP contribution in [-0.2, 0) is 19.1 Å². The SMILES string of the molecule is COC(=O)CN(C1CCCC1)C(C)C(=O)OC. The molecule has 1 rings (SSSR count). The maximum absolute atomic E-state index is 11.6. The fraction of sp³-hybridized carbons (Fsp3) is 0.833. The monoisotopic (exact) mass is 243 g/mol. The van der Waals surface area contributed by atoms with Crippen LogP contribution in [0.25, 0.3) is 0 Å². The van der Waals surface area contributed by atoms with E-state index in [0.29, 0.717) is 0 Å².